The first kappa shape index (κ1) is 12.2. The highest BCUT2D eigenvalue weighted by Crippen LogP contribution is 2.19. The number of rotatable bonds is 3. The summed E-state index contributed by atoms with van der Waals surface area (Å²) in [5, 5.41) is 8.52. The summed E-state index contributed by atoms with van der Waals surface area (Å²) >= 11 is 0. The van der Waals surface area contributed by atoms with Crippen molar-refractivity contribution in [3.8, 4) is 0 Å². The van der Waals surface area contributed by atoms with E-state index in [1.165, 1.54) is 0 Å². The molecule has 60 valence electrons. The Morgan fingerprint density at radius 3 is 2.20 bits per heavy atom. The van der Waals surface area contributed by atoms with Crippen LogP contribution >= 0.6 is 12.4 Å². The van der Waals surface area contributed by atoms with E-state index in [1.54, 1.807) is 19.9 Å². The molecule has 0 aliphatic rings. The van der Waals surface area contributed by atoms with Crippen LogP contribution < -0.4 is 0 Å². The smallest absolute Gasteiger partial charge is 0.309 e. The Kier molecular flexibility index (Phi) is 5.29. The number of halogens is 1. The summed E-state index contributed by atoms with van der Waals surface area (Å²) < 4.78 is 0. The Labute approximate surface area is 67.3 Å². The van der Waals surface area contributed by atoms with Crippen molar-refractivity contribution in [2.45, 2.75) is 20.3 Å². The van der Waals surface area contributed by atoms with Crippen molar-refractivity contribution < 1.29 is 9.90 Å². The summed E-state index contributed by atoms with van der Waals surface area (Å²) in [5.41, 5.74) is -0.651. The molecule has 0 bridgehead atoms. The summed E-state index contributed by atoms with van der Waals surface area (Å²) in [7, 11) is 0. The maximum absolute atomic E-state index is 10.4. The van der Waals surface area contributed by atoms with Crippen molar-refractivity contribution >= 4 is 18.4 Å². The first-order valence-electron chi connectivity index (χ1n) is 2.85. The molecule has 0 aliphatic heterocycles. The van der Waals surface area contributed by atoms with Crippen LogP contribution in [0.1, 0.15) is 20.3 Å². The molecule has 1 N–H and O–H groups in total. The van der Waals surface area contributed by atoms with Gasteiger partial charge < -0.3 is 5.11 Å². The van der Waals surface area contributed by atoms with Gasteiger partial charge in [0.1, 0.15) is 0 Å². The third kappa shape index (κ3) is 3.51. The van der Waals surface area contributed by atoms with Gasteiger partial charge in [-0.25, -0.2) is 0 Å². The van der Waals surface area contributed by atoms with E-state index in [4.69, 9.17) is 5.11 Å². The lowest BCUT2D eigenvalue weighted by Gasteiger charge is -2.15. The van der Waals surface area contributed by atoms with Crippen molar-refractivity contribution in [3.63, 3.8) is 0 Å². The van der Waals surface area contributed by atoms with Gasteiger partial charge in [0.25, 0.3) is 0 Å². The number of allylic oxidation sites excluding steroid dienone is 1. The topological polar surface area (TPSA) is 37.3 Å². The van der Waals surface area contributed by atoms with Crippen LogP contribution in [-0.4, -0.2) is 11.1 Å². The number of carboxylic acid groups (broad SMARTS) is 1. The van der Waals surface area contributed by atoms with Crippen LogP contribution in [0.3, 0.4) is 0 Å². The van der Waals surface area contributed by atoms with Gasteiger partial charge in [-0.2, -0.15) is 0 Å². The van der Waals surface area contributed by atoms with E-state index >= 15 is 0 Å². The van der Waals surface area contributed by atoms with Gasteiger partial charge in [0.05, 0.1) is 5.41 Å². The largest absolute Gasteiger partial charge is 0.481 e. The quantitative estimate of drug-likeness (QED) is 0.649. The molecule has 10 heavy (non-hydrogen) atoms. The monoisotopic (exact) mass is 164 g/mol. The highest BCUT2D eigenvalue weighted by Gasteiger charge is 2.24. The van der Waals surface area contributed by atoms with Crippen LogP contribution in [0.2, 0.25) is 0 Å². The fourth-order valence-electron chi connectivity index (χ4n) is 0.448. The molecule has 0 amide bonds. The van der Waals surface area contributed by atoms with Gasteiger partial charge in [0.2, 0.25) is 0 Å². The SMILES string of the molecule is C=CCC(C)(C)C(=O)O.Cl. The standard InChI is InChI=1S/C7H12O2.ClH/c1-4-5-7(2,3)6(8)9;/h4H,1,5H2,2-3H3,(H,8,9);1H. The van der Waals surface area contributed by atoms with Crippen LogP contribution in [0.5, 0.6) is 0 Å². The van der Waals surface area contributed by atoms with Gasteiger partial charge in [0, 0.05) is 0 Å². The summed E-state index contributed by atoms with van der Waals surface area (Å²) in [5.74, 6) is -0.776. The van der Waals surface area contributed by atoms with E-state index in [1.807, 2.05) is 0 Å². The molecule has 0 heterocycles. The molecule has 0 rings (SSSR count). The van der Waals surface area contributed by atoms with Crippen LogP contribution in [0.15, 0.2) is 12.7 Å². The fourth-order valence-corrected chi connectivity index (χ4v) is 0.448. The van der Waals surface area contributed by atoms with Crippen molar-refractivity contribution in [1.29, 1.82) is 0 Å². The Morgan fingerprint density at radius 2 is 2.10 bits per heavy atom. The summed E-state index contributed by atoms with van der Waals surface area (Å²) in [6.07, 6.45) is 2.14. The second-order valence-corrected chi connectivity index (χ2v) is 2.68. The molecule has 0 saturated carbocycles. The van der Waals surface area contributed by atoms with E-state index < -0.39 is 11.4 Å². The molecule has 0 spiro atoms. The molecule has 0 aliphatic carbocycles. The van der Waals surface area contributed by atoms with E-state index in [0.717, 1.165) is 0 Å². The number of hydrogen-bond acceptors (Lipinski definition) is 1. The van der Waals surface area contributed by atoms with E-state index in [9.17, 15) is 4.79 Å². The molecular weight excluding hydrogens is 152 g/mol. The zero-order valence-corrected chi connectivity index (χ0v) is 7.07. The number of hydrogen-bond donors (Lipinski definition) is 1. The Balaban J connectivity index is 0. The Morgan fingerprint density at radius 1 is 1.70 bits per heavy atom. The zero-order valence-electron chi connectivity index (χ0n) is 6.26. The lowest BCUT2D eigenvalue weighted by atomic mass is 9.90. The predicted octanol–water partition coefficient (Wildman–Crippen LogP) is 2.10. The highest BCUT2D eigenvalue weighted by molar-refractivity contribution is 5.85. The number of carboxylic acids is 1. The van der Waals surface area contributed by atoms with Crippen molar-refractivity contribution in [2.24, 2.45) is 5.41 Å². The lowest BCUT2D eigenvalue weighted by Crippen LogP contribution is -2.22. The normalized spacial score (nSPS) is 9.80. The Hall–Kier alpha value is -0.500. The maximum atomic E-state index is 10.4. The first-order chi connectivity index (χ1) is 4.00. The van der Waals surface area contributed by atoms with Crippen LogP contribution in [0.4, 0.5) is 0 Å². The first-order valence-corrected chi connectivity index (χ1v) is 2.85. The minimum atomic E-state index is -0.776. The summed E-state index contributed by atoms with van der Waals surface area (Å²) in [6.45, 7) is 6.82. The molecule has 0 radical (unpaired) electrons. The van der Waals surface area contributed by atoms with Crippen LogP contribution in [0, 0.1) is 5.41 Å². The molecule has 0 aromatic heterocycles. The van der Waals surface area contributed by atoms with Crippen molar-refractivity contribution in [2.75, 3.05) is 0 Å². The molecular formula is C7H13ClO2. The second-order valence-electron chi connectivity index (χ2n) is 2.68. The van der Waals surface area contributed by atoms with Gasteiger partial charge in [-0.05, 0) is 20.3 Å². The Bertz CT molecular complexity index is 130. The van der Waals surface area contributed by atoms with Crippen LogP contribution in [0.25, 0.3) is 0 Å². The predicted molar refractivity (Wildman–Crippen MR) is 43.5 cm³/mol. The minimum Gasteiger partial charge on any atom is -0.481 e. The summed E-state index contributed by atoms with van der Waals surface area (Å²) in [4.78, 5) is 10.4. The molecule has 3 heteroatoms. The molecule has 0 unspecified atom stereocenters. The van der Waals surface area contributed by atoms with Gasteiger partial charge in [-0.3, -0.25) is 4.79 Å². The third-order valence-electron chi connectivity index (χ3n) is 1.23. The highest BCUT2D eigenvalue weighted by atomic mass is 35.5. The van der Waals surface area contributed by atoms with E-state index in [-0.39, 0.29) is 12.4 Å². The van der Waals surface area contributed by atoms with E-state index in [2.05, 4.69) is 6.58 Å². The lowest BCUT2D eigenvalue weighted by molar-refractivity contribution is -0.146. The molecule has 0 aromatic carbocycles. The van der Waals surface area contributed by atoms with Gasteiger partial charge >= 0.3 is 5.97 Å². The summed E-state index contributed by atoms with van der Waals surface area (Å²) in [6, 6.07) is 0. The molecule has 0 saturated heterocycles. The van der Waals surface area contributed by atoms with Gasteiger partial charge in [-0.1, -0.05) is 6.08 Å². The fraction of sp³-hybridized carbons (Fsp3) is 0.571. The number of aliphatic carboxylic acids is 1. The molecule has 2 nitrogen and oxygen atoms in total. The van der Waals surface area contributed by atoms with Crippen LogP contribution in [-0.2, 0) is 4.79 Å². The average molecular weight is 165 g/mol. The molecule has 0 fully saturated rings. The van der Waals surface area contributed by atoms with Crippen molar-refractivity contribution in [1.82, 2.24) is 0 Å². The second kappa shape index (κ2) is 4.34. The average Bonchev–Trinajstić information content (AvgIpc) is 1.65. The maximum Gasteiger partial charge on any atom is 0.309 e. The van der Waals surface area contributed by atoms with Gasteiger partial charge in [-0.15, -0.1) is 19.0 Å². The third-order valence-corrected chi connectivity index (χ3v) is 1.23. The zero-order chi connectivity index (χ0) is 7.49. The van der Waals surface area contributed by atoms with E-state index in [0.29, 0.717) is 6.42 Å². The minimum absolute atomic E-state index is 0. The van der Waals surface area contributed by atoms with Gasteiger partial charge in [0.15, 0.2) is 0 Å². The molecule has 0 aromatic rings. The number of carbonyl (C=O) groups is 1. The molecule has 0 atom stereocenters. The van der Waals surface area contributed by atoms with Crippen molar-refractivity contribution in [3.05, 3.63) is 12.7 Å².